The van der Waals surface area contributed by atoms with Crippen LogP contribution in [0.25, 0.3) is 0 Å². The van der Waals surface area contributed by atoms with Gasteiger partial charge in [0.05, 0.1) is 6.42 Å². The fraction of sp³-hybridized carbons (Fsp3) is 0.875. The highest BCUT2D eigenvalue weighted by molar-refractivity contribution is 5.78. The maximum absolute atomic E-state index is 12.0. The number of unbranched alkanes of at least 4 members (excludes halogenated alkanes) is 1. The highest BCUT2D eigenvalue weighted by Crippen LogP contribution is 2.29. The van der Waals surface area contributed by atoms with Crippen LogP contribution < -0.4 is 5.73 Å². The van der Waals surface area contributed by atoms with E-state index >= 15 is 0 Å². The second-order valence-corrected chi connectivity index (χ2v) is 3.36. The fourth-order valence-corrected chi connectivity index (χ4v) is 1.12. The van der Waals surface area contributed by atoms with Crippen LogP contribution in [0.5, 0.6) is 0 Å². The Morgan fingerprint density at radius 1 is 1.43 bits per heavy atom. The first-order chi connectivity index (χ1) is 6.21. The fourth-order valence-electron chi connectivity index (χ4n) is 1.12. The second kappa shape index (κ2) is 4.63. The third kappa shape index (κ3) is 4.45. The number of halogens is 3. The first kappa shape index (κ1) is 13.2. The van der Waals surface area contributed by atoms with Gasteiger partial charge in [-0.2, -0.15) is 13.2 Å². The molecule has 0 aliphatic carbocycles. The molecule has 0 rings (SSSR count). The molecule has 0 aliphatic heterocycles. The van der Waals surface area contributed by atoms with Crippen molar-refractivity contribution in [2.24, 2.45) is 5.73 Å². The maximum atomic E-state index is 12.0. The van der Waals surface area contributed by atoms with Crippen LogP contribution in [-0.4, -0.2) is 22.8 Å². The van der Waals surface area contributed by atoms with Gasteiger partial charge in [-0.3, -0.25) is 4.79 Å². The van der Waals surface area contributed by atoms with Crippen molar-refractivity contribution in [3.05, 3.63) is 0 Å². The van der Waals surface area contributed by atoms with Crippen molar-refractivity contribution in [1.82, 2.24) is 0 Å². The Balaban J connectivity index is 4.48. The Kier molecular flexibility index (Phi) is 4.38. The van der Waals surface area contributed by atoms with Gasteiger partial charge in [0.1, 0.15) is 5.54 Å². The predicted octanol–water partition coefficient (Wildman–Crippen LogP) is 1.91. The van der Waals surface area contributed by atoms with Gasteiger partial charge < -0.3 is 10.8 Å². The highest BCUT2D eigenvalue weighted by atomic mass is 19.4. The summed E-state index contributed by atoms with van der Waals surface area (Å²) in [7, 11) is 0. The minimum absolute atomic E-state index is 0.154. The summed E-state index contributed by atoms with van der Waals surface area (Å²) in [4.78, 5) is 10.6. The van der Waals surface area contributed by atoms with Gasteiger partial charge in [-0.15, -0.1) is 0 Å². The Bertz CT molecular complexity index is 205. The monoisotopic (exact) mass is 213 g/mol. The number of alkyl halides is 3. The molecule has 0 spiro atoms. The van der Waals surface area contributed by atoms with E-state index in [-0.39, 0.29) is 6.42 Å². The topological polar surface area (TPSA) is 63.3 Å². The Morgan fingerprint density at radius 3 is 2.21 bits per heavy atom. The SMILES string of the molecule is CCCCC(N)(CC(F)(F)F)C(=O)O. The van der Waals surface area contributed by atoms with Crippen LogP contribution in [0.15, 0.2) is 0 Å². The average Bonchev–Trinajstić information content (AvgIpc) is 1.97. The van der Waals surface area contributed by atoms with E-state index in [9.17, 15) is 18.0 Å². The molecule has 0 bridgehead atoms. The van der Waals surface area contributed by atoms with E-state index in [1.807, 2.05) is 0 Å². The Labute approximate surface area is 80.1 Å². The molecule has 0 aliphatic rings. The van der Waals surface area contributed by atoms with Gasteiger partial charge in [0.2, 0.25) is 0 Å². The van der Waals surface area contributed by atoms with Gasteiger partial charge in [0, 0.05) is 0 Å². The molecule has 1 unspecified atom stereocenters. The molecule has 0 saturated heterocycles. The number of carbonyl (C=O) groups is 1. The summed E-state index contributed by atoms with van der Waals surface area (Å²) in [6.07, 6.45) is -5.18. The number of hydrogen-bond donors (Lipinski definition) is 2. The van der Waals surface area contributed by atoms with E-state index in [2.05, 4.69) is 0 Å². The van der Waals surface area contributed by atoms with Gasteiger partial charge in [-0.05, 0) is 6.42 Å². The molecule has 0 aromatic rings. The van der Waals surface area contributed by atoms with Gasteiger partial charge in [-0.25, -0.2) is 0 Å². The zero-order chi connectivity index (χ0) is 11.4. The molecular formula is C8H14F3NO2. The molecule has 0 heterocycles. The van der Waals surface area contributed by atoms with Crippen molar-refractivity contribution in [1.29, 1.82) is 0 Å². The molecule has 0 aromatic carbocycles. The number of rotatable bonds is 5. The molecule has 3 N–H and O–H groups in total. The van der Waals surface area contributed by atoms with E-state index in [1.165, 1.54) is 0 Å². The average molecular weight is 213 g/mol. The van der Waals surface area contributed by atoms with Crippen molar-refractivity contribution in [2.45, 2.75) is 44.3 Å². The summed E-state index contributed by atoms with van der Waals surface area (Å²) in [6, 6.07) is 0. The van der Waals surface area contributed by atoms with Gasteiger partial charge in [0.15, 0.2) is 0 Å². The van der Waals surface area contributed by atoms with Gasteiger partial charge >= 0.3 is 12.1 Å². The minimum Gasteiger partial charge on any atom is -0.480 e. The summed E-state index contributed by atoms with van der Waals surface area (Å²) in [5.74, 6) is -1.59. The molecule has 0 saturated carbocycles. The molecule has 0 amide bonds. The molecule has 0 aromatic heterocycles. The van der Waals surface area contributed by atoms with Gasteiger partial charge in [-0.1, -0.05) is 19.8 Å². The number of aliphatic carboxylic acids is 1. The van der Waals surface area contributed by atoms with Crippen molar-refractivity contribution in [3.63, 3.8) is 0 Å². The van der Waals surface area contributed by atoms with E-state index in [1.54, 1.807) is 6.92 Å². The summed E-state index contributed by atoms with van der Waals surface area (Å²) in [5.41, 5.74) is 3.02. The summed E-state index contributed by atoms with van der Waals surface area (Å²) in [6.45, 7) is 1.76. The Morgan fingerprint density at radius 2 is 1.93 bits per heavy atom. The number of nitrogens with two attached hydrogens (primary N) is 1. The predicted molar refractivity (Wildman–Crippen MR) is 44.8 cm³/mol. The first-order valence-electron chi connectivity index (χ1n) is 4.30. The summed E-state index contributed by atoms with van der Waals surface area (Å²) < 4.78 is 36.0. The quantitative estimate of drug-likeness (QED) is 0.733. The number of hydrogen-bond acceptors (Lipinski definition) is 2. The molecule has 0 radical (unpaired) electrons. The van der Waals surface area contributed by atoms with E-state index in [0.29, 0.717) is 12.8 Å². The summed E-state index contributed by atoms with van der Waals surface area (Å²) >= 11 is 0. The smallest absolute Gasteiger partial charge is 0.391 e. The largest absolute Gasteiger partial charge is 0.480 e. The van der Waals surface area contributed by atoms with Crippen molar-refractivity contribution < 1.29 is 23.1 Å². The molecule has 14 heavy (non-hydrogen) atoms. The van der Waals surface area contributed by atoms with Crippen molar-refractivity contribution in [3.8, 4) is 0 Å². The lowest BCUT2D eigenvalue weighted by molar-refractivity contribution is -0.167. The molecule has 3 nitrogen and oxygen atoms in total. The first-order valence-corrected chi connectivity index (χ1v) is 4.30. The van der Waals surface area contributed by atoms with E-state index in [4.69, 9.17) is 10.8 Å². The molecule has 6 heteroatoms. The highest BCUT2D eigenvalue weighted by Gasteiger charge is 2.44. The van der Waals surface area contributed by atoms with Crippen LogP contribution in [-0.2, 0) is 4.79 Å². The zero-order valence-corrected chi connectivity index (χ0v) is 7.90. The zero-order valence-electron chi connectivity index (χ0n) is 7.90. The normalized spacial score (nSPS) is 16.4. The number of carboxylic acids is 1. The molecule has 84 valence electrons. The third-order valence-electron chi connectivity index (χ3n) is 1.92. The van der Waals surface area contributed by atoms with Crippen molar-refractivity contribution in [2.75, 3.05) is 0 Å². The Hall–Kier alpha value is -0.780. The standard InChI is InChI=1S/C8H14F3NO2/c1-2-3-4-7(12,6(13)14)5-8(9,10)11/h2-5,12H2,1H3,(H,13,14). The van der Waals surface area contributed by atoms with Crippen LogP contribution in [0, 0.1) is 0 Å². The molecule has 0 fully saturated rings. The lowest BCUT2D eigenvalue weighted by Crippen LogP contribution is -2.51. The van der Waals surface area contributed by atoms with Gasteiger partial charge in [0.25, 0.3) is 0 Å². The third-order valence-corrected chi connectivity index (χ3v) is 1.92. The van der Waals surface area contributed by atoms with Crippen LogP contribution in [0.1, 0.15) is 32.6 Å². The van der Waals surface area contributed by atoms with Crippen LogP contribution in [0.3, 0.4) is 0 Å². The van der Waals surface area contributed by atoms with Crippen LogP contribution in [0.2, 0.25) is 0 Å². The second-order valence-electron chi connectivity index (χ2n) is 3.36. The summed E-state index contributed by atoms with van der Waals surface area (Å²) in [5, 5.41) is 8.60. The lowest BCUT2D eigenvalue weighted by atomic mass is 9.90. The lowest BCUT2D eigenvalue weighted by Gasteiger charge is -2.25. The van der Waals surface area contributed by atoms with Crippen LogP contribution in [0.4, 0.5) is 13.2 Å². The van der Waals surface area contributed by atoms with Crippen LogP contribution >= 0.6 is 0 Å². The van der Waals surface area contributed by atoms with Crippen molar-refractivity contribution >= 4 is 5.97 Å². The maximum Gasteiger partial charge on any atom is 0.391 e. The molecule has 1 atom stereocenters. The van der Waals surface area contributed by atoms with E-state index in [0.717, 1.165) is 0 Å². The molecular weight excluding hydrogens is 199 g/mol. The van der Waals surface area contributed by atoms with E-state index < -0.39 is 24.1 Å². The minimum atomic E-state index is -4.54. The number of carboxylic acid groups (broad SMARTS) is 1.